The van der Waals surface area contributed by atoms with Gasteiger partial charge in [-0.05, 0) is 84.3 Å². The Morgan fingerprint density at radius 2 is 1.41 bits per heavy atom. The number of benzene rings is 5. The van der Waals surface area contributed by atoms with Crippen molar-refractivity contribution in [2.45, 2.75) is 75.2 Å². The van der Waals surface area contributed by atoms with Gasteiger partial charge in [0, 0.05) is 57.3 Å². The maximum atomic E-state index is 15.3. The lowest BCUT2D eigenvalue weighted by Gasteiger charge is -2.33. The fraction of sp³-hybridized carbons (Fsp3) is 0.346. The number of nitro groups is 1. The standard InChI is InChI=1S/C52H56N4O13S/c1-37(57)66-32-12-28-53-27-9-10-29-54(70(63,64)44-24-20-42(21-25-44)56(61)62)30-11-31-55(52(60)68-36-39-15-7-4-8-16-39)46(34-48(58)65-2)41-19-26-47-45(33-41)49(51(53)59)50(69-47)40-17-22-43(23-18-40)67-35-38-13-5-3-6-14-38/h3-8,13-26,33,46,49-50H,9-12,27-32,34-36H2,1-2H3/t46-,49+,50-/m0/s1. The van der Waals surface area contributed by atoms with Gasteiger partial charge in [-0.2, -0.15) is 4.31 Å². The third kappa shape index (κ3) is 12.9. The first-order chi connectivity index (χ1) is 33.8. The van der Waals surface area contributed by atoms with Crippen molar-refractivity contribution in [3.8, 4) is 11.5 Å². The minimum atomic E-state index is -4.25. The Morgan fingerprint density at radius 1 is 0.771 bits per heavy atom. The van der Waals surface area contributed by atoms with Crippen LogP contribution in [0.3, 0.4) is 0 Å². The second-order valence-electron chi connectivity index (χ2n) is 16.9. The number of nitro benzene ring substituents is 1. The molecule has 70 heavy (non-hydrogen) atoms. The van der Waals surface area contributed by atoms with Gasteiger partial charge in [-0.25, -0.2) is 13.2 Å². The molecule has 0 spiro atoms. The van der Waals surface area contributed by atoms with Crippen molar-refractivity contribution in [2.24, 2.45) is 0 Å². The van der Waals surface area contributed by atoms with Crippen LogP contribution in [0.15, 0.2) is 132 Å². The first kappa shape index (κ1) is 50.6. The molecule has 5 aromatic carbocycles. The summed E-state index contributed by atoms with van der Waals surface area (Å²) in [4.78, 5) is 68.5. The van der Waals surface area contributed by atoms with E-state index >= 15 is 4.79 Å². The molecule has 18 heteroatoms. The molecule has 7 rings (SSSR count). The molecular formula is C52H56N4O13S. The van der Waals surface area contributed by atoms with Gasteiger partial charge in [0.25, 0.3) is 5.69 Å². The van der Waals surface area contributed by atoms with E-state index in [0.29, 0.717) is 59.6 Å². The van der Waals surface area contributed by atoms with Gasteiger partial charge in [-0.1, -0.05) is 78.9 Å². The third-order valence-electron chi connectivity index (χ3n) is 12.2. The summed E-state index contributed by atoms with van der Waals surface area (Å²) in [7, 11) is -3.02. The van der Waals surface area contributed by atoms with Crippen molar-refractivity contribution in [1.29, 1.82) is 0 Å². The van der Waals surface area contributed by atoms with Crippen molar-refractivity contribution in [3.05, 3.63) is 165 Å². The molecule has 2 aliphatic heterocycles. The number of esters is 2. The predicted octanol–water partition coefficient (Wildman–Crippen LogP) is 8.29. The zero-order valence-electron chi connectivity index (χ0n) is 39.1. The Labute approximate surface area is 407 Å². The van der Waals surface area contributed by atoms with E-state index in [0.717, 1.165) is 17.7 Å². The molecule has 368 valence electrons. The summed E-state index contributed by atoms with van der Waals surface area (Å²) >= 11 is 0. The summed E-state index contributed by atoms with van der Waals surface area (Å²) in [6.45, 7) is 1.85. The smallest absolute Gasteiger partial charge is 0.410 e. The van der Waals surface area contributed by atoms with Crippen LogP contribution in [0.4, 0.5) is 10.5 Å². The first-order valence-electron chi connectivity index (χ1n) is 23.1. The lowest BCUT2D eigenvalue weighted by molar-refractivity contribution is -0.384. The average molecular weight is 977 g/mol. The zero-order chi connectivity index (χ0) is 49.6. The summed E-state index contributed by atoms with van der Waals surface area (Å²) in [6.07, 6.45) is -0.868. The summed E-state index contributed by atoms with van der Waals surface area (Å²) in [6, 6.07) is 34.9. The predicted molar refractivity (Wildman–Crippen MR) is 256 cm³/mol. The van der Waals surface area contributed by atoms with Crippen molar-refractivity contribution < 1.29 is 56.2 Å². The zero-order valence-corrected chi connectivity index (χ0v) is 39.9. The van der Waals surface area contributed by atoms with E-state index in [1.54, 1.807) is 35.2 Å². The molecule has 5 aromatic rings. The second-order valence-corrected chi connectivity index (χ2v) is 18.9. The number of nitrogens with zero attached hydrogens (tertiary/aromatic N) is 4. The number of non-ortho nitro benzene ring substituents is 1. The van der Waals surface area contributed by atoms with E-state index < -0.39 is 51.0 Å². The van der Waals surface area contributed by atoms with Crippen molar-refractivity contribution in [1.82, 2.24) is 14.1 Å². The number of rotatable bonds is 15. The highest BCUT2D eigenvalue weighted by Gasteiger charge is 2.43. The Balaban J connectivity index is 1.29. The molecule has 0 N–H and O–H groups in total. The Hall–Kier alpha value is -7.31. The highest BCUT2D eigenvalue weighted by Crippen LogP contribution is 2.49. The van der Waals surface area contributed by atoms with Crippen LogP contribution in [0.2, 0.25) is 0 Å². The van der Waals surface area contributed by atoms with Crippen LogP contribution in [0.1, 0.15) is 84.9 Å². The van der Waals surface area contributed by atoms with Crippen molar-refractivity contribution >= 4 is 39.6 Å². The maximum Gasteiger partial charge on any atom is 0.410 e. The topological polar surface area (TPSA) is 201 Å². The summed E-state index contributed by atoms with van der Waals surface area (Å²) in [5, 5.41) is 11.4. The van der Waals surface area contributed by atoms with E-state index in [2.05, 4.69) is 0 Å². The third-order valence-corrected chi connectivity index (χ3v) is 14.1. The molecule has 0 aromatic heterocycles. The molecule has 0 radical (unpaired) electrons. The maximum absolute atomic E-state index is 15.3. The number of carbonyl (C=O) groups excluding carboxylic acids is 4. The largest absolute Gasteiger partial charge is 0.489 e. The van der Waals surface area contributed by atoms with Crippen LogP contribution < -0.4 is 9.47 Å². The van der Waals surface area contributed by atoms with E-state index in [-0.39, 0.29) is 75.3 Å². The van der Waals surface area contributed by atoms with Gasteiger partial charge in [0.1, 0.15) is 36.7 Å². The monoisotopic (exact) mass is 976 g/mol. The quantitative estimate of drug-likeness (QED) is 0.0319. The molecule has 2 bridgehead atoms. The van der Waals surface area contributed by atoms with E-state index in [1.165, 1.54) is 35.4 Å². The fourth-order valence-electron chi connectivity index (χ4n) is 8.59. The van der Waals surface area contributed by atoms with Gasteiger partial charge in [0.15, 0.2) is 0 Å². The van der Waals surface area contributed by atoms with Gasteiger partial charge in [-0.3, -0.25) is 24.5 Å². The molecule has 2 heterocycles. The second kappa shape index (κ2) is 23.8. The van der Waals surface area contributed by atoms with Gasteiger partial charge in [-0.15, -0.1) is 0 Å². The van der Waals surface area contributed by atoms with E-state index in [4.69, 9.17) is 23.7 Å². The van der Waals surface area contributed by atoms with Crippen LogP contribution in [0.5, 0.6) is 11.5 Å². The molecular weight excluding hydrogens is 921 g/mol. The summed E-state index contributed by atoms with van der Waals surface area (Å²) in [5.41, 5.74) is 3.11. The number of hydrogen-bond donors (Lipinski definition) is 0. The average Bonchev–Trinajstić information content (AvgIpc) is 3.76. The number of carbonyl (C=O) groups is 4. The number of fused-ring (bicyclic) bond motifs is 1. The minimum absolute atomic E-state index is 0.00408. The number of hydrogen-bond acceptors (Lipinski definition) is 13. The van der Waals surface area contributed by atoms with Crippen molar-refractivity contribution in [2.75, 3.05) is 46.4 Å². The van der Waals surface area contributed by atoms with Crippen molar-refractivity contribution in [3.63, 3.8) is 0 Å². The van der Waals surface area contributed by atoms with Gasteiger partial charge in [0.05, 0.1) is 36.0 Å². The lowest BCUT2D eigenvalue weighted by Crippen LogP contribution is -2.41. The van der Waals surface area contributed by atoms with Crippen LogP contribution in [-0.2, 0) is 51.8 Å². The van der Waals surface area contributed by atoms with Crippen LogP contribution in [0, 0.1) is 10.1 Å². The molecule has 2 aliphatic rings. The highest BCUT2D eigenvalue weighted by atomic mass is 32.2. The molecule has 0 fully saturated rings. The first-order valence-corrected chi connectivity index (χ1v) is 24.5. The Kier molecular flexibility index (Phi) is 17.2. The normalized spacial score (nSPS) is 17.8. The van der Waals surface area contributed by atoms with Gasteiger partial charge >= 0.3 is 18.0 Å². The molecule has 0 saturated carbocycles. The molecule has 0 saturated heterocycles. The highest BCUT2D eigenvalue weighted by molar-refractivity contribution is 7.89. The summed E-state index contributed by atoms with van der Waals surface area (Å²) in [5.74, 6) is -1.31. The molecule has 0 aliphatic carbocycles. The van der Waals surface area contributed by atoms with Crippen LogP contribution in [0.25, 0.3) is 0 Å². The van der Waals surface area contributed by atoms with Gasteiger partial charge in [0.2, 0.25) is 15.9 Å². The SMILES string of the molecule is COC(=O)C[C@H]1c2ccc3c(c2)[C@@H](C(=O)N(CCCOC(C)=O)CCCCN(S(=O)(=O)c2ccc([N+](=O)[O-])cc2)CCCN1C(=O)OCc1ccccc1)[C@H](c1ccc(OCc2ccccc2)cc1)O3. The Morgan fingerprint density at radius 3 is 2.07 bits per heavy atom. The molecule has 17 nitrogen and oxygen atoms in total. The molecule has 2 amide bonds. The number of amides is 2. The van der Waals surface area contributed by atoms with Gasteiger partial charge < -0.3 is 33.5 Å². The summed E-state index contributed by atoms with van der Waals surface area (Å²) < 4.78 is 59.0. The van der Waals surface area contributed by atoms with Crippen LogP contribution in [-0.4, -0.2) is 97.8 Å². The fourth-order valence-corrected chi connectivity index (χ4v) is 10.1. The molecule has 0 unspecified atom stereocenters. The van der Waals surface area contributed by atoms with E-state index in [9.17, 15) is 32.9 Å². The lowest BCUT2D eigenvalue weighted by atomic mass is 9.87. The van der Waals surface area contributed by atoms with Crippen LogP contribution >= 0.6 is 0 Å². The number of methoxy groups -OCH3 is 1. The number of sulfonamides is 1. The minimum Gasteiger partial charge on any atom is -0.489 e. The van der Waals surface area contributed by atoms with E-state index in [1.807, 2.05) is 72.8 Å². The Bertz CT molecular complexity index is 2710. The number of ether oxygens (including phenoxy) is 5. The molecule has 3 atom stereocenters.